The van der Waals surface area contributed by atoms with E-state index in [1.807, 2.05) is 55.6 Å². The van der Waals surface area contributed by atoms with Crippen LogP contribution in [0.25, 0.3) is 17.0 Å². The molecule has 4 aromatic rings. The van der Waals surface area contributed by atoms with Crippen LogP contribution < -0.4 is 9.64 Å². The summed E-state index contributed by atoms with van der Waals surface area (Å²) in [6.07, 6.45) is 3.78. The zero-order valence-corrected chi connectivity index (χ0v) is 21.9. The van der Waals surface area contributed by atoms with Gasteiger partial charge in [0.15, 0.2) is 0 Å². The van der Waals surface area contributed by atoms with Crippen LogP contribution >= 0.6 is 39.3 Å². The van der Waals surface area contributed by atoms with E-state index in [1.165, 1.54) is 4.90 Å². The molecule has 0 atom stereocenters. The summed E-state index contributed by atoms with van der Waals surface area (Å²) in [5.74, 6) is 0.518. The minimum Gasteiger partial charge on any atom is -0.491 e. The molecule has 0 saturated carbocycles. The van der Waals surface area contributed by atoms with Crippen molar-refractivity contribution >= 4 is 73.1 Å². The first-order chi connectivity index (χ1) is 16.9. The number of rotatable bonds is 6. The number of carbonyl (C=O) groups is 2. The van der Waals surface area contributed by atoms with E-state index < -0.39 is 0 Å². The fourth-order valence-corrected chi connectivity index (χ4v) is 5.31. The highest BCUT2D eigenvalue weighted by atomic mass is 79.9. The fourth-order valence-electron chi connectivity index (χ4n) is 3.99. The summed E-state index contributed by atoms with van der Waals surface area (Å²) in [5.41, 5.74) is 3.47. The zero-order chi connectivity index (χ0) is 24.5. The Labute approximate surface area is 220 Å². The number of benzene rings is 3. The number of thioether (sulfide) groups is 1. The maximum atomic E-state index is 13.1. The van der Waals surface area contributed by atoms with Gasteiger partial charge in [-0.1, -0.05) is 45.7 Å². The molecule has 3 aromatic carbocycles. The van der Waals surface area contributed by atoms with Gasteiger partial charge in [0, 0.05) is 32.2 Å². The maximum Gasteiger partial charge on any atom is 0.298 e. The molecule has 35 heavy (non-hydrogen) atoms. The molecular weight excluding hydrogens is 548 g/mol. The number of amides is 2. The van der Waals surface area contributed by atoms with E-state index >= 15 is 0 Å². The molecule has 176 valence electrons. The summed E-state index contributed by atoms with van der Waals surface area (Å²) in [6.45, 7) is 3.15. The van der Waals surface area contributed by atoms with Crippen LogP contribution in [0, 0.1) is 6.92 Å². The molecule has 0 N–H and O–H groups in total. The standard InChI is InChI=1S/C27H20BrClN2O3S/c1-17-4-2-3-5-24(17)34-13-12-30-16-18(22-15-19(28)6-11-23(22)30)14-25-26(32)31(27(33)35-25)21-9-7-20(29)8-10-21/h2-11,14-16H,12-13H2,1H3/b25-14-. The third-order valence-corrected chi connectivity index (χ3v) is 7.34. The molecule has 0 radical (unpaired) electrons. The molecule has 0 aliphatic carbocycles. The molecule has 1 aliphatic heterocycles. The molecule has 1 aliphatic rings. The molecule has 2 amide bonds. The maximum absolute atomic E-state index is 13.1. The fraction of sp³-hybridized carbons (Fsp3) is 0.111. The second-order valence-electron chi connectivity index (χ2n) is 8.05. The van der Waals surface area contributed by atoms with Gasteiger partial charge >= 0.3 is 0 Å². The summed E-state index contributed by atoms with van der Waals surface area (Å²) in [5, 5.41) is 1.19. The van der Waals surface area contributed by atoms with Crippen molar-refractivity contribution in [2.45, 2.75) is 13.5 Å². The lowest BCUT2D eigenvalue weighted by atomic mass is 10.1. The van der Waals surface area contributed by atoms with Crippen molar-refractivity contribution in [2.75, 3.05) is 11.5 Å². The van der Waals surface area contributed by atoms with Gasteiger partial charge in [-0.2, -0.15) is 0 Å². The van der Waals surface area contributed by atoms with Crippen molar-refractivity contribution in [3.05, 3.63) is 98.5 Å². The number of carbonyl (C=O) groups excluding carboxylic acids is 2. The number of imide groups is 1. The van der Waals surface area contributed by atoms with Gasteiger partial charge in [0.05, 0.1) is 17.1 Å². The van der Waals surface area contributed by atoms with Crippen molar-refractivity contribution in [2.24, 2.45) is 0 Å². The Balaban J connectivity index is 1.43. The van der Waals surface area contributed by atoms with E-state index in [4.69, 9.17) is 16.3 Å². The Bertz CT molecular complexity index is 1480. The second kappa shape index (κ2) is 9.93. The van der Waals surface area contributed by atoms with E-state index in [0.717, 1.165) is 44.0 Å². The summed E-state index contributed by atoms with van der Waals surface area (Å²) >= 11 is 10.4. The monoisotopic (exact) mass is 566 g/mol. The van der Waals surface area contributed by atoms with E-state index in [0.29, 0.717) is 28.8 Å². The number of aryl methyl sites for hydroxylation is 1. The Morgan fingerprint density at radius 1 is 1.06 bits per heavy atom. The van der Waals surface area contributed by atoms with Crippen LogP contribution in [0.2, 0.25) is 5.02 Å². The molecule has 5 rings (SSSR count). The zero-order valence-electron chi connectivity index (χ0n) is 18.7. The Kier molecular flexibility index (Phi) is 6.73. The lowest BCUT2D eigenvalue weighted by Crippen LogP contribution is -2.27. The van der Waals surface area contributed by atoms with Crippen LogP contribution in [-0.4, -0.2) is 22.3 Å². The number of fused-ring (bicyclic) bond motifs is 1. The average molecular weight is 568 g/mol. The molecule has 0 unspecified atom stereocenters. The lowest BCUT2D eigenvalue weighted by Gasteiger charge is -2.12. The summed E-state index contributed by atoms with van der Waals surface area (Å²) in [6, 6.07) is 20.6. The van der Waals surface area contributed by atoms with Gasteiger partial charge in [-0.25, -0.2) is 4.90 Å². The van der Waals surface area contributed by atoms with E-state index in [1.54, 1.807) is 30.3 Å². The van der Waals surface area contributed by atoms with Gasteiger partial charge in [0.25, 0.3) is 11.1 Å². The summed E-state index contributed by atoms with van der Waals surface area (Å²) < 4.78 is 9.03. The number of hydrogen-bond donors (Lipinski definition) is 0. The largest absolute Gasteiger partial charge is 0.491 e. The van der Waals surface area contributed by atoms with Crippen LogP contribution in [0.1, 0.15) is 11.1 Å². The van der Waals surface area contributed by atoms with Gasteiger partial charge in [-0.3, -0.25) is 9.59 Å². The number of anilines is 1. The molecule has 2 heterocycles. The SMILES string of the molecule is Cc1ccccc1OCCn1cc(/C=C2\SC(=O)N(c3ccc(Cl)cc3)C2=O)c2cc(Br)ccc21. The van der Waals surface area contributed by atoms with E-state index in [-0.39, 0.29) is 11.1 Å². The lowest BCUT2D eigenvalue weighted by molar-refractivity contribution is -0.113. The van der Waals surface area contributed by atoms with Crippen molar-refractivity contribution in [3.8, 4) is 5.75 Å². The molecule has 1 fully saturated rings. The van der Waals surface area contributed by atoms with Crippen LogP contribution in [-0.2, 0) is 11.3 Å². The van der Waals surface area contributed by atoms with Crippen LogP contribution in [0.4, 0.5) is 10.5 Å². The highest BCUT2D eigenvalue weighted by Gasteiger charge is 2.36. The molecule has 1 aromatic heterocycles. The van der Waals surface area contributed by atoms with Crippen LogP contribution in [0.15, 0.2) is 82.3 Å². The van der Waals surface area contributed by atoms with Crippen molar-refractivity contribution in [1.29, 1.82) is 0 Å². The number of ether oxygens (including phenoxy) is 1. The third kappa shape index (κ3) is 4.89. The third-order valence-electron chi connectivity index (χ3n) is 5.72. The Morgan fingerprint density at radius 2 is 1.83 bits per heavy atom. The van der Waals surface area contributed by atoms with E-state index in [9.17, 15) is 9.59 Å². The predicted octanol–water partition coefficient (Wildman–Crippen LogP) is 7.69. The first-order valence-corrected chi connectivity index (χ1v) is 12.9. The minimum absolute atomic E-state index is 0.333. The minimum atomic E-state index is -0.346. The average Bonchev–Trinajstić information content (AvgIpc) is 3.31. The van der Waals surface area contributed by atoms with Crippen molar-refractivity contribution in [3.63, 3.8) is 0 Å². The van der Waals surface area contributed by atoms with Gasteiger partial charge in [0.2, 0.25) is 0 Å². The smallest absolute Gasteiger partial charge is 0.298 e. The van der Waals surface area contributed by atoms with Crippen molar-refractivity contribution < 1.29 is 14.3 Å². The number of halogens is 2. The molecule has 8 heteroatoms. The summed E-state index contributed by atoms with van der Waals surface area (Å²) in [4.78, 5) is 27.3. The van der Waals surface area contributed by atoms with Gasteiger partial charge in [0.1, 0.15) is 12.4 Å². The highest BCUT2D eigenvalue weighted by Crippen LogP contribution is 2.37. The quantitative estimate of drug-likeness (QED) is 0.224. The molecule has 0 bridgehead atoms. The Hall–Kier alpha value is -3.00. The van der Waals surface area contributed by atoms with Gasteiger partial charge in [-0.05, 0) is 78.9 Å². The first-order valence-electron chi connectivity index (χ1n) is 10.9. The number of hydrogen-bond acceptors (Lipinski definition) is 4. The molecule has 1 saturated heterocycles. The highest BCUT2D eigenvalue weighted by molar-refractivity contribution is 9.10. The normalized spacial score (nSPS) is 14.9. The first kappa shape index (κ1) is 23.7. The van der Waals surface area contributed by atoms with Crippen LogP contribution in [0.3, 0.4) is 0 Å². The number of aromatic nitrogens is 1. The molecular formula is C27H20BrClN2O3S. The molecule has 0 spiro atoms. The predicted molar refractivity (Wildman–Crippen MR) is 146 cm³/mol. The van der Waals surface area contributed by atoms with Gasteiger partial charge < -0.3 is 9.30 Å². The van der Waals surface area contributed by atoms with Crippen LogP contribution in [0.5, 0.6) is 5.75 Å². The van der Waals surface area contributed by atoms with E-state index in [2.05, 4.69) is 20.5 Å². The summed E-state index contributed by atoms with van der Waals surface area (Å²) in [7, 11) is 0. The second-order valence-corrected chi connectivity index (χ2v) is 10.4. The van der Waals surface area contributed by atoms with Crippen molar-refractivity contribution in [1.82, 2.24) is 4.57 Å². The Morgan fingerprint density at radius 3 is 2.60 bits per heavy atom. The molecule has 5 nitrogen and oxygen atoms in total. The number of nitrogens with zero attached hydrogens (tertiary/aromatic N) is 2. The van der Waals surface area contributed by atoms with Gasteiger partial charge in [-0.15, -0.1) is 0 Å². The number of para-hydroxylation sites is 1. The topological polar surface area (TPSA) is 51.5 Å².